The van der Waals surface area contributed by atoms with E-state index in [1.54, 1.807) is 0 Å². The van der Waals surface area contributed by atoms with E-state index in [0.717, 1.165) is 6.08 Å². The number of hydrogen-bond acceptors (Lipinski definition) is 5. The normalized spacial score (nSPS) is 25.9. The molecule has 0 bridgehead atoms. The van der Waals surface area contributed by atoms with Crippen molar-refractivity contribution in [2.24, 2.45) is 5.92 Å². The van der Waals surface area contributed by atoms with Crippen LogP contribution in [0.3, 0.4) is 0 Å². The minimum atomic E-state index is -4.84. The summed E-state index contributed by atoms with van der Waals surface area (Å²) in [6.07, 6.45) is -1.22. The average Bonchev–Trinajstić information content (AvgIpc) is 2.31. The molecule has 0 fully saturated rings. The van der Waals surface area contributed by atoms with Gasteiger partial charge in [0, 0.05) is 17.9 Å². The molecule has 0 saturated heterocycles. The summed E-state index contributed by atoms with van der Waals surface area (Å²) < 4.78 is 20.5. The van der Waals surface area contributed by atoms with Crippen molar-refractivity contribution in [3.8, 4) is 0 Å². The third-order valence-corrected chi connectivity index (χ3v) is 3.48. The summed E-state index contributed by atoms with van der Waals surface area (Å²) >= 11 is 0. The average molecular weight is 322 g/mol. The second kappa shape index (κ2) is 6.40. The Morgan fingerprint density at radius 1 is 1.38 bits per heavy atom. The third-order valence-electron chi connectivity index (χ3n) is 2.96. The third kappa shape index (κ3) is 4.98. The van der Waals surface area contributed by atoms with Crippen molar-refractivity contribution in [3.63, 3.8) is 0 Å². The molecular weight excluding hydrogens is 307 g/mol. The standard InChI is InChI=1S/C11H15O9P/c1-5-8(19-6(2)10(12)13)3-7(11(14)15)4-9(5)20-21(16,17)18/h4-5,8-9H,2-3H2,1H3,(H,12,13)(H,14,15)(H2,16,17,18). The highest BCUT2D eigenvalue weighted by atomic mass is 31.2. The maximum absolute atomic E-state index is 11.0. The Bertz CT molecular complexity index is 532. The molecule has 10 heteroatoms. The van der Waals surface area contributed by atoms with Crippen LogP contribution in [0.1, 0.15) is 13.3 Å². The number of carboxylic acid groups (broad SMARTS) is 2. The van der Waals surface area contributed by atoms with Crippen LogP contribution >= 0.6 is 7.82 Å². The summed E-state index contributed by atoms with van der Waals surface area (Å²) in [5, 5.41) is 17.7. The fourth-order valence-electron chi connectivity index (χ4n) is 1.86. The summed E-state index contributed by atoms with van der Waals surface area (Å²) in [7, 11) is -4.84. The second-order valence-electron chi connectivity index (χ2n) is 4.51. The largest absolute Gasteiger partial charge is 0.483 e. The van der Waals surface area contributed by atoms with Crippen molar-refractivity contribution in [1.82, 2.24) is 0 Å². The summed E-state index contributed by atoms with van der Waals surface area (Å²) in [5.41, 5.74) is -0.185. The Labute approximate surface area is 119 Å². The Hall–Kier alpha value is -1.67. The highest BCUT2D eigenvalue weighted by Crippen LogP contribution is 2.42. The first-order chi connectivity index (χ1) is 9.51. The molecule has 4 N–H and O–H groups in total. The van der Waals surface area contributed by atoms with Crippen LogP contribution in [0, 0.1) is 5.92 Å². The number of rotatable bonds is 6. The van der Waals surface area contributed by atoms with Crippen LogP contribution in [-0.4, -0.2) is 44.1 Å². The van der Waals surface area contributed by atoms with Crippen LogP contribution < -0.4 is 0 Å². The van der Waals surface area contributed by atoms with E-state index >= 15 is 0 Å². The predicted molar refractivity (Wildman–Crippen MR) is 68.1 cm³/mol. The molecule has 0 radical (unpaired) electrons. The van der Waals surface area contributed by atoms with Gasteiger partial charge in [-0.2, -0.15) is 0 Å². The summed E-state index contributed by atoms with van der Waals surface area (Å²) in [6.45, 7) is 4.66. The molecule has 1 aliphatic rings. The highest BCUT2D eigenvalue weighted by molar-refractivity contribution is 7.46. The molecule has 3 unspecified atom stereocenters. The highest BCUT2D eigenvalue weighted by Gasteiger charge is 2.38. The summed E-state index contributed by atoms with van der Waals surface area (Å²) in [6, 6.07) is 0. The van der Waals surface area contributed by atoms with Gasteiger partial charge in [-0.3, -0.25) is 4.52 Å². The Balaban J connectivity index is 3.00. The topological polar surface area (TPSA) is 151 Å². The van der Waals surface area contributed by atoms with E-state index in [2.05, 4.69) is 11.1 Å². The zero-order valence-corrected chi connectivity index (χ0v) is 11.9. The van der Waals surface area contributed by atoms with Gasteiger partial charge in [0.2, 0.25) is 0 Å². The van der Waals surface area contributed by atoms with E-state index in [1.165, 1.54) is 6.92 Å². The zero-order valence-electron chi connectivity index (χ0n) is 11.0. The number of ether oxygens (including phenoxy) is 1. The fraction of sp³-hybridized carbons (Fsp3) is 0.455. The first-order valence-electron chi connectivity index (χ1n) is 5.78. The molecule has 0 aromatic carbocycles. The lowest BCUT2D eigenvalue weighted by molar-refractivity contribution is -0.139. The van der Waals surface area contributed by atoms with Gasteiger partial charge in [-0.05, 0) is 12.7 Å². The Morgan fingerprint density at radius 2 is 1.95 bits per heavy atom. The molecule has 1 rings (SSSR count). The molecule has 0 heterocycles. The molecule has 0 saturated carbocycles. The van der Waals surface area contributed by atoms with Crippen LogP contribution in [0.5, 0.6) is 0 Å². The number of phosphoric acid groups is 1. The minimum absolute atomic E-state index is 0.135. The molecule has 21 heavy (non-hydrogen) atoms. The zero-order chi connectivity index (χ0) is 16.4. The van der Waals surface area contributed by atoms with Crippen molar-refractivity contribution in [2.75, 3.05) is 0 Å². The van der Waals surface area contributed by atoms with Gasteiger partial charge in [0.05, 0.1) is 6.10 Å². The number of carbonyl (C=O) groups is 2. The van der Waals surface area contributed by atoms with Crippen LogP contribution in [0.4, 0.5) is 0 Å². The van der Waals surface area contributed by atoms with Crippen molar-refractivity contribution < 1.29 is 43.4 Å². The van der Waals surface area contributed by atoms with Crippen molar-refractivity contribution in [3.05, 3.63) is 24.0 Å². The molecule has 0 aromatic heterocycles. The summed E-state index contributed by atoms with van der Waals surface area (Å²) in [4.78, 5) is 39.4. The maximum atomic E-state index is 11.0. The molecule has 0 amide bonds. The number of carboxylic acids is 2. The van der Waals surface area contributed by atoms with E-state index in [-0.39, 0.29) is 12.0 Å². The number of phosphoric ester groups is 1. The molecule has 9 nitrogen and oxygen atoms in total. The first kappa shape index (κ1) is 17.4. The van der Waals surface area contributed by atoms with Crippen LogP contribution in [0.15, 0.2) is 24.0 Å². The van der Waals surface area contributed by atoms with Gasteiger partial charge in [0.15, 0.2) is 5.76 Å². The van der Waals surface area contributed by atoms with Gasteiger partial charge < -0.3 is 24.7 Å². The van der Waals surface area contributed by atoms with Crippen molar-refractivity contribution >= 4 is 19.8 Å². The van der Waals surface area contributed by atoms with E-state index in [0.29, 0.717) is 0 Å². The molecule has 0 aliphatic heterocycles. The SMILES string of the molecule is C=C(OC1CC(C(=O)O)=CC(OP(=O)(O)O)C1C)C(=O)O. The van der Waals surface area contributed by atoms with Crippen LogP contribution in [-0.2, 0) is 23.4 Å². The minimum Gasteiger partial charge on any atom is -0.483 e. The number of aliphatic carboxylic acids is 2. The van der Waals surface area contributed by atoms with Gasteiger partial charge in [-0.15, -0.1) is 0 Å². The second-order valence-corrected chi connectivity index (χ2v) is 5.70. The maximum Gasteiger partial charge on any atom is 0.470 e. The smallest absolute Gasteiger partial charge is 0.470 e. The summed E-state index contributed by atoms with van der Waals surface area (Å²) in [5.74, 6) is -4.00. The monoisotopic (exact) mass is 322 g/mol. The fourth-order valence-corrected chi connectivity index (χ4v) is 2.43. The van der Waals surface area contributed by atoms with Crippen molar-refractivity contribution in [2.45, 2.75) is 25.6 Å². The van der Waals surface area contributed by atoms with Gasteiger partial charge >= 0.3 is 19.8 Å². The quantitative estimate of drug-likeness (QED) is 0.311. The molecule has 3 atom stereocenters. The first-order valence-corrected chi connectivity index (χ1v) is 7.31. The molecule has 0 spiro atoms. The van der Waals surface area contributed by atoms with Gasteiger partial charge in [0.25, 0.3) is 0 Å². The molecule has 0 aromatic rings. The van der Waals surface area contributed by atoms with Gasteiger partial charge in [-0.25, -0.2) is 14.2 Å². The Kier molecular flexibility index (Phi) is 5.30. The van der Waals surface area contributed by atoms with E-state index in [4.69, 9.17) is 24.7 Å². The lowest BCUT2D eigenvalue weighted by atomic mass is 9.86. The van der Waals surface area contributed by atoms with Crippen molar-refractivity contribution in [1.29, 1.82) is 0 Å². The Morgan fingerprint density at radius 3 is 2.38 bits per heavy atom. The molecule has 118 valence electrons. The molecule has 1 aliphatic carbocycles. The van der Waals surface area contributed by atoms with E-state index in [9.17, 15) is 14.2 Å². The van der Waals surface area contributed by atoms with Gasteiger partial charge in [0.1, 0.15) is 6.10 Å². The van der Waals surface area contributed by atoms with E-state index in [1.807, 2.05) is 0 Å². The lowest BCUT2D eigenvalue weighted by Gasteiger charge is -2.33. The number of hydrogen-bond donors (Lipinski definition) is 4. The van der Waals surface area contributed by atoms with Crippen LogP contribution in [0.2, 0.25) is 0 Å². The molecular formula is C11H15O9P. The predicted octanol–water partition coefficient (Wildman–Crippen LogP) is 0.499. The van der Waals surface area contributed by atoms with Crippen LogP contribution in [0.25, 0.3) is 0 Å². The van der Waals surface area contributed by atoms with Gasteiger partial charge in [-0.1, -0.05) is 6.92 Å². The van der Waals surface area contributed by atoms with E-state index < -0.39 is 43.6 Å². The lowest BCUT2D eigenvalue weighted by Crippen LogP contribution is -2.37.